The second-order valence-electron chi connectivity index (χ2n) is 6.54. The van der Waals surface area contributed by atoms with Crippen molar-refractivity contribution in [2.45, 2.75) is 62.7 Å². The number of nitrogens with one attached hydrogen (secondary N) is 1. The molecule has 0 unspecified atom stereocenters. The molecule has 6 heteroatoms. The van der Waals surface area contributed by atoms with Gasteiger partial charge in [0.1, 0.15) is 0 Å². The van der Waals surface area contributed by atoms with E-state index in [2.05, 4.69) is 19.2 Å². The maximum absolute atomic E-state index is 12.4. The Balaban J connectivity index is 2.73. The van der Waals surface area contributed by atoms with Crippen LogP contribution in [0.3, 0.4) is 0 Å². The lowest BCUT2D eigenvalue weighted by atomic mass is 9.78. The highest BCUT2D eigenvalue weighted by molar-refractivity contribution is 7.99. The number of carbonyl (C=O) groups excluding carboxylic acids is 1. The summed E-state index contributed by atoms with van der Waals surface area (Å²) in [4.78, 5) is 25.2. The Labute approximate surface area is 131 Å². The number of carbonyl (C=O) groups is 2. The largest absolute Gasteiger partial charge is 0.481 e. The molecule has 2 amide bonds. The molecule has 0 aromatic rings. The Kier molecular flexibility index (Phi) is 6.38. The molecule has 0 aromatic heterocycles. The van der Waals surface area contributed by atoms with Crippen LogP contribution in [-0.4, -0.2) is 52.1 Å². The van der Waals surface area contributed by atoms with Crippen LogP contribution in [0.15, 0.2) is 0 Å². The third-order valence-electron chi connectivity index (χ3n) is 4.50. The molecule has 0 radical (unpaired) electrons. The predicted molar refractivity (Wildman–Crippen MR) is 86.8 cm³/mol. The van der Waals surface area contributed by atoms with Crippen molar-refractivity contribution in [3.8, 4) is 0 Å². The molecule has 0 heterocycles. The van der Waals surface area contributed by atoms with Crippen molar-refractivity contribution in [3.63, 3.8) is 0 Å². The minimum atomic E-state index is -0.832. The Hall–Kier alpha value is -0.910. The van der Waals surface area contributed by atoms with Crippen molar-refractivity contribution in [3.05, 3.63) is 0 Å². The summed E-state index contributed by atoms with van der Waals surface area (Å²) in [6, 6.07) is -0.166. The molecule has 21 heavy (non-hydrogen) atoms. The highest BCUT2D eigenvalue weighted by atomic mass is 32.2. The maximum atomic E-state index is 12.4. The fraction of sp³-hybridized carbons (Fsp3) is 0.867. The highest BCUT2D eigenvalue weighted by Gasteiger charge is 2.40. The summed E-state index contributed by atoms with van der Waals surface area (Å²) in [5, 5.41) is 12.1. The summed E-state index contributed by atoms with van der Waals surface area (Å²) in [6.07, 6.45) is 6.69. The van der Waals surface area contributed by atoms with Crippen LogP contribution in [0, 0.1) is 0 Å². The van der Waals surface area contributed by atoms with Gasteiger partial charge in [0.05, 0.1) is 12.0 Å². The second-order valence-corrected chi connectivity index (χ2v) is 8.05. The van der Waals surface area contributed by atoms with E-state index in [9.17, 15) is 14.7 Å². The second kappa shape index (κ2) is 7.38. The monoisotopic (exact) mass is 316 g/mol. The SMILES string of the molecule is CSC(C)(C)CNC(=O)N(C)C1(CC(=O)O)CCCCC1. The van der Waals surface area contributed by atoms with Gasteiger partial charge in [0.2, 0.25) is 0 Å². The zero-order valence-electron chi connectivity index (χ0n) is 13.6. The van der Waals surface area contributed by atoms with Gasteiger partial charge in [-0.2, -0.15) is 11.8 Å². The van der Waals surface area contributed by atoms with Crippen LogP contribution in [0.5, 0.6) is 0 Å². The fourth-order valence-electron chi connectivity index (χ4n) is 2.82. The molecule has 2 N–H and O–H groups in total. The highest BCUT2D eigenvalue weighted by Crippen LogP contribution is 2.36. The molecule has 1 aliphatic carbocycles. The Bertz CT molecular complexity index is 379. The van der Waals surface area contributed by atoms with Gasteiger partial charge in [-0.1, -0.05) is 19.3 Å². The lowest BCUT2D eigenvalue weighted by molar-refractivity contribution is -0.140. The number of carboxylic acid groups (broad SMARTS) is 1. The molecule has 0 aliphatic heterocycles. The van der Waals surface area contributed by atoms with Crippen LogP contribution in [0.4, 0.5) is 4.79 Å². The van der Waals surface area contributed by atoms with Crippen LogP contribution in [0.1, 0.15) is 52.4 Å². The van der Waals surface area contributed by atoms with E-state index in [1.54, 1.807) is 23.7 Å². The number of nitrogens with zero attached hydrogens (tertiary/aromatic N) is 1. The smallest absolute Gasteiger partial charge is 0.317 e. The Morgan fingerprint density at radius 1 is 1.29 bits per heavy atom. The fourth-order valence-corrected chi connectivity index (χ4v) is 3.03. The number of urea groups is 1. The van der Waals surface area contributed by atoms with Gasteiger partial charge in [-0.3, -0.25) is 4.79 Å². The minimum Gasteiger partial charge on any atom is -0.481 e. The standard InChI is InChI=1S/C15H28N2O3S/c1-14(2,21-4)11-16-13(20)17(3)15(10-12(18)19)8-6-5-7-9-15/h5-11H2,1-4H3,(H,16,20)(H,18,19). The van der Waals surface area contributed by atoms with Crippen molar-refractivity contribution >= 4 is 23.8 Å². The van der Waals surface area contributed by atoms with Crippen molar-refractivity contribution < 1.29 is 14.7 Å². The van der Waals surface area contributed by atoms with Crippen molar-refractivity contribution in [1.29, 1.82) is 0 Å². The summed E-state index contributed by atoms with van der Waals surface area (Å²) in [7, 11) is 1.73. The first-order chi connectivity index (χ1) is 9.72. The first kappa shape index (κ1) is 18.1. The van der Waals surface area contributed by atoms with E-state index < -0.39 is 11.5 Å². The summed E-state index contributed by atoms with van der Waals surface area (Å²) in [5.41, 5.74) is -0.530. The summed E-state index contributed by atoms with van der Waals surface area (Å²) >= 11 is 1.70. The summed E-state index contributed by atoms with van der Waals surface area (Å²) < 4.78 is -0.0248. The molecule has 5 nitrogen and oxygen atoms in total. The molecule has 0 saturated heterocycles. The number of hydrogen-bond acceptors (Lipinski definition) is 3. The van der Waals surface area contributed by atoms with Crippen LogP contribution in [-0.2, 0) is 4.79 Å². The van der Waals surface area contributed by atoms with Crippen molar-refractivity contribution in [1.82, 2.24) is 10.2 Å². The topological polar surface area (TPSA) is 69.6 Å². The summed E-state index contributed by atoms with van der Waals surface area (Å²) in [6.45, 7) is 4.72. The predicted octanol–water partition coefficient (Wildman–Crippen LogP) is 2.95. The van der Waals surface area contributed by atoms with Gasteiger partial charge in [0, 0.05) is 18.3 Å². The summed E-state index contributed by atoms with van der Waals surface area (Å²) in [5.74, 6) is -0.832. The van der Waals surface area contributed by atoms with Gasteiger partial charge in [0.15, 0.2) is 0 Å². The molecule has 0 spiro atoms. The quantitative estimate of drug-likeness (QED) is 0.790. The molecule has 0 bridgehead atoms. The van der Waals surface area contributed by atoms with Gasteiger partial charge < -0.3 is 15.3 Å². The third-order valence-corrected chi connectivity index (χ3v) is 5.75. The lowest BCUT2D eigenvalue weighted by Gasteiger charge is -2.44. The van der Waals surface area contributed by atoms with E-state index in [4.69, 9.17) is 0 Å². The molecular weight excluding hydrogens is 288 g/mol. The molecule has 1 saturated carbocycles. The molecule has 0 aromatic carbocycles. The molecule has 122 valence electrons. The zero-order chi connectivity index (χ0) is 16.1. The number of aliphatic carboxylic acids is 1. The van der Waals surface area contributed by atoms with Crippen molar-refractivity contribution in [2.24, 2.45) is 0 Å². The first-order valence-corrected chi connectivity index (χ1v) is 8.73. The van der Waals surface area contributed by atoms with E-state index in [0.29, 0.717) is 6.54 Å². The van der Waals surface area contributed by atoms with Crippen molar-refractivity contribution in [2.75, 3.05) is 19.8 Å². The minimum absolute atomic E-state index is 0.0248. The number of rotatable bonds is 6. The van der Waals surface area contributed by atoms with Crippen LogP contribution >= 0.6 is 11.8 Å². The van der Waals surface area contributed by atoms with E-state index in [-0.39, 0.29) is 17.2 Å². The number of carboxylic acids is 1. The van der Waals surface area contributed by atoms with Gasteiger partial charge in [-0.15, -0.1) is 0 Å². The molecule has 1 aliphatic rings. The lowest BCUT2D eigenvalue weighted by Crippen LogP contribution is -2.56. The van der Waals surface area contributed by atoms with E-state index >= 15 is 0 Å². The van der Waals surface area contributed by atoms with E-state index in [1.807, 2.05) is 6.26 Å². The first-order valence-electron chi connectivity index (χ1n) is 7.51. The van der Waals surface area contributed by atoms with Gasteiger partial charge in [-0.05, 0) is 32.9 Å². The molecule has 1 fully saturated rings. The molecule has 1 rings (SSSR count). The van der Waals surface area contributed by atoms with E-state index in [1.165, 1.54) is 0 Å². The molecular formula is C15H28N2O3S. The number of hydrogen-bond donors (Lipinski definition) is 2. The molecule has 0 atom stereocenters. The average Bonchev–Trinajstić information content (AvgIpc) is 2.44. The zero-order valence-corrected chi connectivity index (χ0v) is 14.4. The Morgan fingerprint density at radius 2 is 1.86 bits per heavy atom. The van der Waals surface area contributed by atoms with Gasteiger partial charge in [0.25, 0.3) is 0 Å². The van der Waals surface area contributed by atoms with Gasteiger partial charge >= 0.3 is 12.0 Å². The average molecular weight is 316 g/mol. The van der Waals surface area contributed by atoms with Crippen LogP contribution in [0.25, 0.3) is 0 Å². The van der Waals surface area contributed by atoms with Crippen LogP contribution < -0.4 is 5.32 Å². The third kappa shape index (κ3) is 5.09. The number of thioether (sulfide) groups is 1. The maximum Gasteiger partial charge on any atom is 0.317 e. The Morgan fingerprint density at radius 3 is 2.33 bits per heavy atom. The number of amides is 2. The normalized spacial score (nSPS) is 18.1. The van der Waals surface area contributed by atoms with Crippen LogP contribution in [0.2, 0.25) is 0 Å². The van der Waals surface area contributed by atoms with E-state index in [0.717, 1.165) is 32.1 Å². The van der Waals surface area contributed by atoms with Gasteiger partial charge in [-0.25, -0.2) is 4.79 Å².